The summed E-state index contributed by atoms with van der Waals surface area (Å²) in [5, 5.41) is 3.16. The highest BCUT2D eigenvalue weighted by atomic mass is 19.1. The first-order chi connectivity index (χ1) is 9.10. The summed E-state index contributed by atoms with van der Waals surface area (Å²) in [7, 11) is 1.83. The van der Waals surface area contributed by atoms with Gasteiger partial charge in [0.1, 0.15) is 11.6 Å². The van der Waals surface area contributed by atoms with Crippen molar-refractivity contribution in [3.05, 3.63) is 65.0 Å². The van der Waals surface area contributed by atoms with Crippen molar-refractivity contribution in [2.75, 3.05) is 7.05 Å². The van der Waals surface area contributed by atoms with Crippen LogP contribution in [0, 0.1) is 18.6 Å². The summed E-state index contributed by atoms with van der Waals surface area (Å²) in [4.78, 5) is 4.24. The first-order valence-electron chi connectivity index (χ1n) is 6.14. The lowest BCUT2D eigenvalue weighted by Gasteiger charge is -2.18. The number of hydrogen-bond acceptors (Lipinski definition) is 2. The first kappa shape index (κ1) is 13.6. The molecule has 1 aromatic carbocycles. The van der Waals surface area contributed by atoms with Crippen LogP contribution in [0.4, 0.5) is 8.78 Å². The number of pyridine rings is 1. The fourth-order valence-electron chi connectivity index (χ4n) is 2.20. The molecule has 0 aliphatic rings. The smallest absolute Gasteiger partial charge is 0.126 e. The zero-order chi connectivity index (χ0) is 13.8. The zero-order valence-electron chi connectivity index (χ0n) is 11.0. The quantitative estimate of drug-likeness (QED) is 0.915. The maximum Gasteiger partial charge on any atom is 0.126 e. The second-order valence-electron chi connectivity index (χ2n) is 4.50. The van der Waals surface area contributed by atoms with Crippen LogP contribution in [0.2, 0.25) is 0 Å². The van der Waals surface area contributed by atoms with E-state index < -0.39 is 11.6 Å². The minimum Gasteiger partial charge on any atom is -0.313 e. The van der Waals surface area contributed by atoms with E-state index in [0.29, 0.717) is 12.0 Å². The van der Waals surface area contributed by atoms with Gasteiger partial charge in [-0.25, -0.2) is 8.78 Å². The van der Waals surface area contributed by atoms with Crippen LogP contribution in [0.5, 0.6) is 0 Å². The average Bonchev–Trinajstić information content (AvgIpc) is 2.36. The molecule has 0 saturated carbocycles. The molecule has 1 heterocycles. The van der Waals surface area contributed by atoms with Crippen molar-refractivity contribution in [1.29, 1.82) is 0 Å². The number of rotatable bonds is 4. The van der Waals surface area contributed by atoms with Crippen LogP contribution in [0.15, 0.2) is 36.5 Å². The molecule has 0 saturated heterocycles. The standard InChI is InChI=1S/C15H16F2N2/c1-10-14(4-3-5-19-10)15(18-2)8-11-6-12(16)9-13(17)7-11/h3-7,9,15,18H,8H2,1-2H3. The maximum absolute atomic E-state index is 13.2. The highest BCUT2D eigenvalue weighted by Crippen LogP contribution is 2.21. The minimum absolute atomic E-state index is 0.0186. The summed E-state index contributed by atoms with van der Waals surface area (Å²) in [6.45, 7) is 1.92. The SMILES string of the molecule is CNC(Cc1cc(F)cc(F)c1)c1cccnc1C. The van der Waals surface area contributed by atoms with Crippen LogP contribution in [-0.4, -0.2) is 12.0 Å². The van der Waals surface area contributed by atoms with Gasteiger partial charge in [0.25, 0.3) is 0 Å². The van der Waals surface area contributed by atoms with E-state index in [0.717, 1.165) is 17.3 Å². The van der Waals surface area contributed by atoms with Gasteiger partial charge in [-0.1, -0.05) is 6.07 Å². The van der Waals surface area contributed by atoms with Gasteiger partial charge >= 0.3 is 0 Å². The van der Waals surface area contributed by atoms with Crippen molar-refractivity contribution in [3.63, 3.8) is 0 Å². The van der Waals surface area contributed by atoms with Crippen molar-refractivity contribution >= 4 is 0 Å². The molecule has 0 fully saturated rings. The summed E-state index contributed by atoms with van der Waals surface area (Å²) in [6.07, 6.45) is 2.24. The third-order valence-electron chi connectivity index (χ3n) is 3.13. The van der Waals surface area contributed by atoms with Crippen LogP contribution in [0.3, 0.4) is 0 Å². The number of nitrogens with one attached hydrogen (secondary N) is 1. The van der Waals surface area contributed by atoms with Crippen LogP contribution in [0.1, 0.15) is 22.9 Å². The summed E-state index contributed by atoms with van der Waals surface area (Å²) >= 11 is 0. The van der Waals surface area contributed by atoms with E-state index in [9.17, 15) is 8.78 Å². The molecule has 0 aliphatic carbocycles. The van der Waals surface area contributed by atoms with Gasteiger partial charge in [-0.05, 0) is 49.7 Å². The predicted octanol–water partition coefficient (Wildman–Crippen LogP) is 3.17. The molecule has 100 valence electrons. The Morgan fingerprint density at radius 1 is 1.21 bits per heavy atom. The Bertz CT molecular complexity index is 550. The Balaban J connectivity index is 2.26. The monoisotopic (exact) mass is 262 g/mol. The van der Waals surface area contributed by atoms with Crippen molar-refractivity contribution in [1.82, 2.24) is 10.3 Å². The molecular formula is C15H16F2N2. The van der Waals surface area contributed by atoms with Crippen molar-refractivity contribution < 1.29 is 8.78 Å². The van der Waals surface area contributed by atoms with Gasteiger partial charge in [-0.15, -0.1) is 0 Å². The number of benzene rings is 1. The number of aryl methyl sites for hydroxylation is 1. The summed E-state index contributed by atoms with van der Waals surface area (Å²) in [5.41, 5.74) is 2.58. The fraction of sp³-hybridized carbons (Fsp3) is 0.267. The van der Waals surface area contributed by atoms with Gasteiger partial charge in [-0.2, -0.15) is 0 Å². The number of halogens is 2. The topological polar surface area (TPSA) is 24.9 Å². The normalized spacial score (nSPS) is 12.4. The van der Waals surface area contributed by atoms with Crippen molar-refractivity contribution in [2.24, 2.45) is 0 Å². The van der Waals surface area contributed by atoms with E-state index in [4.69, 9.17) is 0 Å². The van der Waals surface area contributed by atoms with Crippen molar-refractivity contribution in [3.8, 4) is 0 Å². The van der Waals surface area contributed by atoms with E-state index >= 15 is 0 Å². The highest BCUT2D eigenvalue weighted by Gasteiger charge is 2.14. The maximum atomic E-state index is 13.2. The molecule has 19 heavy (non-hydrogen) atoms. The third-order valence-corrected chi connectivity index (χ3v) is 3.13. The Morgan fingerprint density at radius 3 is 2.47 bits per heavy atom. The predicted molar refractivity (Wildman–Crippen MR) is 70.8 cm³/mol. The van der Waals surface area contributed by atoms with Gasteiger partial charge < -0.3 is 5.32 Å². The molecule has 0 bridgehead atoms. The van der Waals surface area contributed by atoms with Crippen molar-refractivity contribution in [2.45, 2.75) is 19.4 Å². The molecular weight excluding hydrogens is 246 g/mol. The molecule has 1 unspecified atom stereocenters. The Kier molecular flexibility index (Phi) is 4.22. The van der Waals surface area contributed by atoms with Gasteiger partial charge in [0.15, 0.2) is 0 Å². The first-order valence-corrected chi connectivity index (χ1v) is 6.14. The second kappa shape index (κ2) is 5.89. The Labute approximate surface area is 111 Å². The van der Waals surface area contributed by atoms with E-state index in [1.165, 1.54) is 12.1 Å². The summed E-state index contributed by atoms with van der Waals surface area (Å²) in [6, 6.07) is 7.42. The fourth-order valence-corrected chi connectivity index (χ4v) is 2.20. The van der Waals surface area contributed by atoms with Gasteiger partial charge in [0, 0.05) is 24.0 Å². The number of hydrogen-bond donors (Lipinski definition) is 1. The highest BCUT2D eigenvalue weighted by molar-refractivity contribution is 5.26. The molecule has 0 radical (unpaired) electrons. The van der Waals surface area contributed by atoms with Gasteiger partial charge in [0.2, 0.25) is 0 Å². The lowest BCUT2D eigenvalue weighted by atomic mass is 9.98. The van der Waals surface area contributed by atoms with E-state index in [2.05, 4.69) is 10.3 Å². The molecule has 4 heteroatoms. The molecule has 1 atom stereocenters. The molecule has 1 aromatic heterocycles. The molecule has 0 amide bonds. The average molecular weight is 262 g/mol. The van der Waals surface area contributed by atoms with E-state index in [1.807, 2.05) is 26.1 Å². The minimum atomic E-state index is -0.548. The third kappa shape index (κ3) is 3.35. The van der Waals surface area contributed by atoms with Crippen LogP contribution < -0.4 is 5.32 Å². The van der Waals surface area contributed by atoms with Crippen LogP contribution in [0.25, 0.3) is 0 Å². The molecule has 0 spiro atoms. The summed E-state index contributed by atoms with van der Waals surface area (Å²) < 4.78 is 26.4. The summed E-state index contributed by atoms with van der Waals surface area (Å²) in [5.74, 6) is -1.10. The van der Waals surface area contributed by atoms with Gasteiger partial charge in [0.05, 0.1) is 0 Å². The largest absolute Gasteiger partial charge is 0.313 e. The lowest BCUT2D eigenvalue weighted by molar-refractivity contribution is 0.560. The lowest BCUT2D eigenvalue weighted by Crippen LogP contribution is -2.20. The van der Waals surface area contributed by atoms with E-state index in [1.54, 1.807) is 6.20 Å². The zero-order valence-corrected chi connectivity index (χ0v) is 11.0. The van der Waals surface area contributed by atoms with E-state index in [-0.39, 0.29) is 6.04 Å². The number of aromatic nitrogens is 1. The van der Waals surface area contributed by atoms with Crippen LogP contribution >= 0.6 is 0 Å². The molecule has 2 nitrogen and oxygen atoms in total. The molecule has 2 aromatic rings. The Hall–Kier alpha value is -1.81. The second-order valence-corrected chi connectivity index (χ2v) is 4.50. The number of nitrogens with zero attached hydrogens (tertiary/aromatic N) is 1. The van der Waals surface area contributed by atoms with Crippen LogP contribution in [-0.2, 0) is 6.42 Å². The molecule has 2 rings (SSSR count). The molecule has 0 aliphatic heterocycles. The molecule has 1 N–H and O–H groups in total. The Morgan fingerprint density at radius 2 is 1.89 bits per heavy atom. The number of likely N-dealkylation sites (N-methyl/N-ethyl adjacent to an activating group) is 1. The van der Waals surface area contributed by atoms with Gasteiger partial charge in [-0.3, -0.25) is 4.98 Å².